The highest BCUT2D eigenvalue weighted by molar-refractivity contribution is 5.76. The molecule has 0 saturated heterocycles. The third kappa shape index (κ3) is 5.64. The number of nitrogens with zero attached hydrogens (tertiary/aromatic N) is 1. The van der Waals surface area contributed by atoms with Crippen LogP contribution in [-0.2, 0) is 4.79 Å². The van der Waals surface area contributed by atoms with Crippen molar-refractivity contribution >= 4 is 11.6 Å². The van der Waals surface area contributed by atoms with Crippen LogP contribution < -0.4 is 10.5 Å². The minimum Gasteiger partial charge on any atom is -0.493 e. The van der Waals surface area contributed by atoms with Crippen molar-refractivity contribution in [2.45, 2.75) is 27.2 Å². The number of hydrogen-bond acceptors (Lipinski definition) is 3. The average Bonchev–Trinajstić information content (AvgIpc) is 2.35. The minimum absolute atomic E-state index is 0.139. The second-order valence-electron chi connectivity index (χ2n) is 5.00. The van der Waals surface area contributed by atoms with Crippen molar-refractivity contribution in [3.8, 4) is 5.75 Å². The van der Waals surface area contributed by atoms with Crippen molar-refractivity contribution in [2.24, 2.45) is 5.92 Å². The third-order valence-corrected chi connectivity index (χ3v) is 2.76. The summed E-state index contributed by atoms with van der Waals surface area (Å²) >= 11 is 0. The Morgan fingerprint density at radius 1 is 1.42 bits per heavy atom. The van der Waals surface area contributed by atoms with E-state index in [1.807, 2.05) is 24.0 Å². The summed E-state index contributed by atoms with van der Waals surface area (Å²) in [5, 5.41) is 0. The number of carbonyl (C=O) groups excluding carboxylic acids is 1. The van der Waals surface area contributed by atoms with E-state index in [1.165, 1.54) is 0 Å². The molecule has 0 radical (unpaired) electrons. The highest BCUT2D eigenvalue weighted by atomic mass is 16.5. The molecule has 0 spiro atoms. The first-order valence-electron chi connectivity index (χ1n) is 6.79. The fourth-order valence-corrected chi connectivity index (χ4v) is 1.87. The average molecular weight is 264 g/mol. The molecule has 0 heterocycles. The molecule has 0 saturated carbocycles. The summed E-state index contributed by atoms with van der Waals surface area (Å²) in [5.74, 6) is 1.33. The van der Waals surface area contributed by atoms with E-state index in [9.17, 15) is 4.79 Å². The van der Waals surface area contributed by atoms with E-state index in [4.69, 9.17) is 10.5 Å². The third-order valence-electron chi connectivity index (χ3n) is 2.76. The zero-order chi connectivity index (χ0) is 14.3. The molecule has 2 N–H and O–H groups in total. The Hall–Kier alpha value is -1.71. The van der Waals surface area contributed by atoms with E-state index in [2.05, 4.69) is 13.8 Å². The maximum Gasteiger partial charge on any atom is 0.225 e. The van der Waals surface area contributed by atoms with Gasteiger partial charge in [-0.25, -0.2) is 0 Å². The number of carbonyl (C=O) groups is 1. The summed E-state index contributed by atoms with van der Waals surface area (Å²) in [6.45, 7) is 8.15. The molecule has 1 aromatic carbocycles. The molecular formula is C15H24N2O2. The Labute approximate surface area is 115 Å². The molecule has 106 valence electrons. The van der Waals surface area contributed by atoms with Crippen molar-refractivity contribution in [2.75, 3.05) is 25.4 Å². The summed E-state index contributed by atoms with van der Waals surface area (Å²) < 4.78 is 5.53. The van der Waals surface area contributed by atoms with E-state index in [0.29, 0.717) is 30.4 Å². The molecule has 1 rings (SSSR count). The monoisotopic (exact) mass is 264 g/mol. The van der Waals surface area contributed by atoms with Crippen LogP contribution in [0.25, 0.3) is 0 Å². The molecule has 0 aliphatic heterocycles. The number of hydrogen-bond donors (Lipinski definition) is 1. The van der Waals surface area contributed by atoms with Gasteiger partial charge in [-0.05, 0) is 25.0 Å². The van der Waals surface area contributed by atoms with Crippen molar-refractivity contribution in [3.05, 3.63) is 24.3 Å². The topological polar surface area (TPSA) is 55.6 Å². The van der Waals surface area contributed by atoms with E-state index >= 15 is 0 Å². The van der Waals surface area contributed by atoms with Crippen LogP contribution in [0.15, 0.2) is 24.3 Å². The number of benzene rings is 1. The second-order valence-corrected chi connectivity index (χ2v) is 5.00. The van der Waals surface area contributed by atoms with Gasteiger partial charge in [0.2, 0.25) is 5.91 Å². The van der Waals surface area contributed by atoms with Gasteiger partial charge in [-0.1, -0.05) is 19.9 Å². The molecule has 4 heteroatoms. The second kappa shape index (κ2) is 7.67. The lowest BCUT2D eigenvalue weighted by Crippen LogP contribution is -2.34. The Bertz CT molecular complexity index is 405. The van der Waals surface area contributed by atoms with Crippen LogP contribution in [0.4, 0.5) is 5.69 Å². The summed E-state index contributed by atoms with van der Waals surface area (Å²) in [7, 11) is 0. The smallest absolute Gasteiger partial charge is 0.225 e. The van der Waals surface area contributed by atoms with Gasteiger partial charge in [0.05, 0.1) is 13.0 Å². The largest absolute Gasteiger partial charge is 0.493 e. The molecule has 0 bridgehead atoms. The van der Waals surface area contributed by atoms with E-state index < -0.39 is 0 Å². The first kappa shape index (κ1) is 15.3. The Balaban J connectivity index is 2.37. The number of rotatable bonds is 7. The van der Waals surface area contributed by atoms with Crippen molar-refractivity contribution < 1.29 is 9.53 Å². The Morgan fingerprint density at radius 3 is 2.74 bits per heavy atom. The van der Waals surface area contributed by atoms with Gasteiger partial charge in [0, 0.05) is 24.8 Å². The maximum absolute atomic E-state index is 12.0. The lowest BCUT2D eigenvalue weighted by atomic mass is 10.2. The van der Waals surface area contributed by atoms with Gasteiger partial charge in [-0.3, -0.25) is 4.79 Å². The van der Waals surface area contributed by atoms with E-state index in [0.717, 1.165) is 13.1 Å². The van der Waals surface area contributed by atoms with Gasteiger partial charge in [-0.15, -0.1) is 0 Å². The zero-order valence-electron chi connectivity index (χ0n) is 12.1. The molecule has 0 unspecified atom stereocenters. The molecule has 0 aliphatic rings. The van der Waals surface area contributed by atoms with Crippen LogP contribution in [0.2, 0.25) is 0 Å². The van der Waals surface area contributed by atoms with E-state index in [-0.39, 0.29) is 5.91 Å². The quantitative estimate of drug-likeness (QED) is 0.770. The molecule has 0 aliphatic carbocycles. The molecule has 4 nitrogen and oxygen atoms in total. The van der Waals surface area contributed by atoms with Gasteiger partial charge in [0.25, 0.3) is 0 Å². The molecule has 19 heavy (non-hydrogen) atoms. The highest BCUT2D eigenvalue weighted by Crippen LogP contribution is 2.14. The molecule has 0 fully saturated rings. The lowest BCUT2D eigenvalue weighted by Gasteiger charge is -2.23. The lowest BCUT2D eigenvalue weighted by molar-refractivity contribution is -0.132. The normalized spacial score (nSPS) is 10.5. The molecular weight excluding hydrogens is 240 g/mol. The van der Waals surface area contributed by atoms with Gasteiger partial charge in [-0.2, -0.15) is 0 Å². The maximum atomic E-state index is 12.0. The summed E-state index contributed by atoms with van der Waals surface area (Å²) in [5.41, 5.74) is 6.33. The molecule has 1 amide bonds. The van der Waals surface area contributed by atoms with Crippen LogP contribution in [0.1, 0.15) is 27.2 Å². The fourth-order valence-electron chi connectivity index (χ4n) is 1.87. The van der Waals surface area contributed by atoms with Crippen LogP contribution in [0, 0.1) is 5.92 Å². The van der Waals surface area contributed by atoms with Gasteiger partial charge in [0.15, 0.2) is 0 Å². The number of anilines is 1. The van der Waals surface area contributed by atoms with Crippen molar-refractivity contribution in [3.63, 3.8) is 0 Å². The number of amides is 1. The van der Waals surface area contributed by atoms with Crippen LogP contribution in [0.3, 0.4) is 0 Å². The van der Waals surface area contributed by atoms with Crippen LogP contribution >= 0.6 is 0 Å². The van der Waals surface area contributed by atoms with Gasteiger partial charge in [0.1, 0.15) is 5.75 Å². The predicted molar refractivity (Wildman–Crippen MR) is 78.1 cm³/mol. The van der Waals surface area contributed by atoms with Crippen molar-refractivity contribution in [1.29, 1.82) is 0 Å². The Kier molecular flexibility index (Phi) is 6.19. The first-order chi connectivity index (χ1) is 9.02. The number of nitrogens with two attached hydrogens (primary N) is 1. The minimum atomic E-state index is 0.139. The first-order valence-corrected chi connectivity index (χ1v) is 6.79. The predicted octanol–water partition coefficient (Wildman–Crippen LogP) is 2.54. The molecule has 0 aromatic heterocycles. The molecule has 0 atom stereocenters. The summed E-state index contributed by atoms with van der Waals surface area (Å²) in [6, 6.07) is 7.24. The number of ether oxygens (including phenoxy) is 1. The zero-order valence-corrected chi connectivity index (χ0v) is 12.1. The summed E-state index contributed by atoms with van der Waals surface area (Å²) in [6.07, 6.45) is 0.398. The molecule has 1 aromatic rings. The summed E-state index contributed by atoms with van der Waals surface area (Å²) in [4.78, 5) is 13.9. The highest BCUT2D eigenvalue weighted by Gasteiger charge is 2.12. The standard InChI is InChI=1S/C15H24N2O2/c1-4-17(11-12(2)3)15(18)8-9-19-14-7-5-6-13(16)10-14/h5-7,10,12H,4,8-9,11,16H2,1-3H3. The van der Waals surface area contributed by atoms with Crippen LogP contribution in [0.5, 0.6) is 5.75 Å². The SMILES string of the molecule is CCN(CC(C)C)C(=O)CCOc1cccc(N)c1. The van der Waals surface area contributed by atoms with Crippen LogP contribution in [-0.4, -0.2) is 30.5 Å². The fraction of sp³-hybridized carbons (Fsp3) is 0.533. The van der Waals surface area contributed by atoms with Crippen molar-refractivity contribution in [1.82, 2.24) is 4.90 Å². The number of nitrogen functional groups attached to an aromatic ring is 1. The van der Waals surface area contributed by atoms with E-state index in [1.54, 1.807) is 12.1 Å². The van der Waals surface area contributed by atoms with Gasteiger partial charge >= 0.3 is 0 Å². The van der Waals surface area contributed by atoms with Gasteiger partial charge < -0.3 is 15.4 Å². The Morgan fingerprint density at radius 2 is 2.16 bits per heavy atom.